The van der Waals surface area contributed by atoms with Crippen LogP contribution in [0.15, 0.2) is 24.5 Å². The van der Waals surface area contributed by atoms with Crippen LogP contribution in [0.1, 0.15) is 71.6 Å². The van der Waals surface area contributed by atoms with Crippen molar-refractivity contribution in [1.29, 1.82) is 0 Å². The van der Waals surface area contributed by atoms with Crippen molar-refractivity contribution >= 4 is 34.0 Å². The molecule has 0 aromatic carbocycles. The first-order valence-corrected chi connectivity index (χ1v) is 14.7. The molecule has 4 atom stereocenters. The Hall–Kier alpha value is -2.93. The smallest absolute Gasteiger partial charge is 0.412 e. The number of nitrogens with zero attached hydrogens (tertiary/aromatic N) is 1. The van der Waals surface area contributed by atoms with Crippen molar-refractivity contribution in [2.24, 2.45) is 5.92 Å². The molecule has 0 aromatic rings. The SMILES string of the molecule is C=C(C)OC(=O)NC1CCCCC/C=C\[C@@H]2C[C@@]2(C(=O)NS(=O)(=O)NCCC)NC(=O)[C@@H]2CCCN2C1=O. The molecule has 0 bridgehead atoms. The average Bonchev–Trinajstić information content (AvgIpc) is 3.30. The van der Waals surface area contributed by atoms with Gasteiger partial charge in [0.1, 0.15) is 17.6 Å². The van der Waals surface area contributed by atoms with Crippen LogP contribution in [0.3, 0.4) is 0 Å². The highest BCUT2D eigenvalue weighted by atomic mass is 32.2. The minimum Gasteiger partial charge on any atom is -0.416 e. The zero-order valence-corrected chi connectivity index (χ0v) is 22.9. The third-order valence-corrected chi connectivity index (χ3v) is 8.00. The highest BCUT2D eigenvalue weighted by Gasteiger charge is 2.61. The Labute approximate surface area is 224 Å². The number of rotatable bonds is 7. The number of hydrogen-bond donors (Lipinski definition) is 4. The summed E-state index contributed by atoms with van der Waals surface area (Å²) < 4.78 is 34.0. The Kier molecular flexibility index (Phi) is 9.94. The second kappa shape index (κ2) is 12.7. The van der Waals surface area contributed by atoms with Crippen LogP contribution in [0.2, 0.25) is 0 Å². The summed E-state index contributed by atoms with van der Waals surface area (Å²) in [6.07, 6.45) is 8.18. The fraction of sp³-hybridized carbons (Fsp3) is 0.680. The van der Waals surface area contributed by atoms with Gasteiger partial charge in [0.2, 0.25) is 11.8 Å². The number of hydrogen-bond acceptors (Lipinski definition) is 7. The molecule has 0 aromatic heterocycles. The standard InChI is InChI=1S/C25H39N5O7S/c1-4-14-26-38(35,36)29-23(33)25-16-18(25)11-8-6-5-7-9-12-19(27-24(34)37-17(2)3)22(32)30-15-10-13-20(30)21(31)28-25/h8,11,18-20,26H,2,4-7,9-10,12-16H2,1,3H3,(H,27,34)(H,28,31)(H,29,33)/b11-8-/t18-,19?,20+,25-/m1/s1. The van der Waals surface area contributed by atoms with Crippen LogP contribution in [-0.4, -0.2) is 67.8 Å². The second-order valence-corrected chi connectivity index (χ2v) is 11.6. The number of carbonyl (C=O) groups excluding carboxylic acids is 4. The molecule has 4 N–H and O–H groups in total. The van der Waals surface area contributed by atoms with Crippen LogP contribution in [0.4, 0.5) is 4.79 Å². The molecule has 3 rings (SSSR count). The second-order valence-electron chi connectivity index (χ2n) is 10.1. The maximum Gasteiger partial charge on any atom is 0.412 e. The number of ether oxygens (including phenoxy) is 1. The molecule has 1 saturated carbocycles. The monoisotopic (exact) mass is 553 g/mol. The molecule has 1 saturated heterocycles. The maximum absolute atomic E-state index is 13.5. The van der Waals surface area contributed by atoms with Gasteiger partial charge in [-0.2, -0.15) is 13.1 Å². The lowest BCUT2D eigenvalue weighted by Crippen LogP contribution is -2.58. The molecule has 4 amide bonds. The molecule has 1 aliphatic carbocycles. The number of fused-ring (bicyclic) bond motifs is 2. The zero-order chi connectivity index (χ0) is 27.9. The van der Waals surface area contributed by atoms with E-state index in [1.807, 2.05) is 16.9 Å². The third-order valence-electron chi connectivity index (χ3n) is 6.96. The molecule has 2 heterocycles. The highest BCUT2D eigenvalue weighted by molar-refractivity contribution is 7.88. The summed E-state index contributed by atoms with van der Waals surface area (Å²) in [5.74, 6) is -1.92. The van der Waals surface area contributed by atoms with E-state index in [1.165, 1.54) is 11.8 Å². The Morgan fingerprint density at radius 1 is 1.21 bits per heavy atom. The predicted octanol–water partition coefficient (Wildman–Crippen LogP) is 1.36. The summed E-state index contributed by atoms with van der Waals surface area (Å²) in [5, 5.41) is 5.39. The van der Waals surface area contributed by atoms with Crippen LogP contribution in [0.25, 0.3) is 0 Å². The van der Waals surface area contributed by atoms with E-state index in [0.717, 1.165) is 19.3 Å². The van der Waals surface area contributed by atoms with Gasteiger partial charge in [0.25, 0.3) is 5.91 Å². The van der Waals surface area contributed by atoms with E-state index in [0.29, 0.717) is 38.6 Å². The van der Waals surface area contributed by atoms with Crippen molar-refractivity contribution < 1.29 is 32.3 Å². The number of amides is 4. The molecular weight excluding hydrogens is 514 g/mol. The van der Waals surface area contributed by atoms with Crippen molar-refractivity contribution in [3.8, 4) is 0 Å². The molecular formula is C25H39N5O7S. The molecule has 1 unspecified atom stereocenters. The maximum atomic E-state index is 13.5. The number of allylic oxidation sites excluding steroid dienone is 2. The van der Waals surface area contributed by atoms with E-state index in [9.17, 15) is 27.6 Å². The first-order valence-electron chi connectivity index (χ1n) is 13.2. The largest absolute Gasteiger partial charge is 0.416 e. The van der Waals surface area contributed by atoms with Gasteiger partial charge in [-0.05, 0) is 51.9 Å². The topological polar surface area (TPSA) is 163 Å². The van der Waals surface area contributed by atoms with Crippen molar-refractivity contribution in [1.82, 2.24) is 25.0 Å². The fourth-order valence-electron chi connectivity index (χ4n) is 4.91. The first kappa shape index (κ1) is 29.6. The molecule has 0 spiro atoms. The number of carbonyl (C=O) groups is 4. The van der Waals surface area contributed by atoms with Crippen molar-refractivity contribution in [3.05, 3.63) is 24.5 Å². The van der Waals surface area contributed by atoms with E-state index < -0.39 is 51.6 Å². The average molecular weight is 554 g/mol. The van der Waals surface area contributed by atoms with Crippen LogP contribution in [0, 0.1) is 5.92 Å². The quantitative estimate of drug-likeness (QED) is 0.273. The van der Waals surface area contributed by atoms with E-state index in [4.69, 9.17) is 4.74 Å². The van der Waals surface area contributed by atoms with Gasteiger partial charge < -0.3 is 20.3 Å². The minimum atomic E-state index is -4.09. The van der Waals surface area contributed by atoms with Crippen molar-refractivity contribution in [3.63, 3.8) is 0 Å². The summed E-state index contributed by atoms with van der Waals surface area (Å²) in [4.78, 5) is 53.8. The molecule has 3 aliphatic rings. The molecule has 2 fully saturated rings. The van der Waals surface area contributed by atoms with Gasteiger partial charge in [-0.15, -0.1) is 0 Å². The molecule has 0 radical (unpaired) electrons. The first-order chi connectivity index (χ1) is 18.0. The van der Waals surface area contributed by atoms with Crippen molar-refractivity contribution in [2.75, 3.05) is 13.1 Å². The van der Waals surface area contributed by atoms with Gasteiger partial charge in [-0.1, -0.05) is 38.5 Å². The lowest BCUT2D eigenvalue weighted by Gasteiger charge is -2.30. The summed E-state index contributed by atoms with van der Waals surface area (Å²) in [6.45, 7) is 7.34. The third kappa shape index (κ3) is 7.56. The lowest BCUT2D eigenvalue weighted by molar-refractivity contribution is -0.141. The molecule has 212 valence electrons. The van der Waals surface area contributed by atoms with Crippen molar-refractivity contribution in [2.45, 2.75) is 89.3 Å². The summed E-state index contributed by atoms with van der Waals surface area (Å²) >= 11 is 0. The van der Waals surface area contributed by atoms with E-state index in [1.54, 1.807) is 6.92 Å². The Morgan fingerprint density at radius 2 is 1.97 bits per heavy atom. The lowest BCUT2D eigenvalue weighted by atomic mass is 10.1. The summed E-state index contributed by atoms with van der Waals surface area (Å²) in [5.41, 5.74) is -1.42. The summed E-state index contributed by atoms with van der Waals surface area (Å²) in [7, 11) is -4.09. The number of alkyl carbamates (subject to hydrolysis) is 1. The zero-order valence-electron chi connectivity index (χ0n) is 22.1. The summed E-state index contributed by atoms with van der Waals surface area (Å²) in [6, 6.07) is -1.73. The Balaban J connectivity index is 1.82. The Bertz CT molecular complexity index is 1080. The van der Waals surface area contributed by atoms with Crippen LogP contribution < -0.4 is 20.1 Å². The van der Waals surface area contributed by atoms with Crippen LogP contribution >= 0.6 is 0 Å². The Morgan fingerprint density at radius 3 is 2.68 bits per heavy atom. The normalized spacial score (nSPS) is 29.0. The van der Waals surface area contributed by atoms with Gasteiger partial charge in [0, 0.05) is 19.0 Å². The fourth-order valence-corrected chi connectivity index (χ4v) is 5.88. The minimum absolute atomic E-state index is 0.166. The van der Waals surface area contributed by atoms with Gasteiger partial charge in [0.15, 0.2) is 0 Å². The van der Waals surface area contributed by atoms with E-state index in [2.05, 4.69) is 21.9 Å². The van der Waals surface area contributed by atoms with Crippen LogP contribution in [0.5, 0.6) is 0 Å². The molecule has 13 heteroatoms. The van der Waals surface area contributed by atoms with Gasteiger partial charge >= 0.3 is 16.3 Å². The van der Waals surface area contributed by atoms with Crippen LogP contribution in [-0.2, 0) is 29.3 Å². The highest BCUT2D eigenvalue weighted by Crippen LogP contribution is 2.45. The predicted molar refractivity (Wildman–Crippen MR) is 140 cm³/mol. The molecule has 38 heavy (non-hydrogen) atoms. The number of nitrogens with one attached hydrogen (secondary N) is 4. The molecule has 2 aliphatic heterocycles. The van der Waals surface area contributed by atoms with Gasteiger partial charge in [0.05, 0.1) is 5.76 Å². The van der Waals surface area contributed by atoms with E-state index in [-0.39, 0.29) is 24.6 Å². The van der Waals surface area contributed by atoms with Gasteiger partial charge in [-0.25, -0.2) is 9.52 Å². The molecule has 12 nitrogen and oxygen atoms in total. The van der Waals surface area contributed by atoms with Gasteiger partial charge in [-0.3, -0.25) is 14.4 Å². The van der Waals surface area contributed by atoms with E-state index >= 15 is 0 Å².